The van der Waals surface area contributed by atoms with Crippen LogP contribution in [0.25, 0.3) is 0 Å². The molecule has 106 valence electrons. The number of hydrogen-bond donors (Lipinski definition) is 1. The van der Waals surface area contributed by atoms with Crippen LogP contribution in [-0.2, 0) is 6.42 Å². The molecule has 0 amide bonds. The molecule has 3 heteroatoms. The fraction of sp³-hybridized carbons (Fsp3) is 0.625. The number of nitrogens with zero attached hydrogens (tertiary/aromatic N) is 1. The van der Waals surface area contributed by atoms with Gasteiger partial charge >= 0.3 is 0 Å². The van der Waals surface area contributed by atoms with Crippen LogP contribution in [0.1, 0.15) is 32.8 Å². The van der Waals surface area contributed by atoms with Gasteiger partial charge in [0.25, 0.3) is 0 Å². The SMILES string of the molecule is CC(C)(C)CC(CN)CN1CCc2ccc(F)cc21. The summed E-state index contributed by atoms with van der Waals surface area (Å²) >= 11 is 0. The second-order valence-electron chi connectivity index (χ2n) is 6.84. The van der Waals surface area contributed by atoms with E-state index in [1.165, 1.54) is 5.56 Å². The molecule has 0 fully saturated rings. The summed E-state index contributed by atoms with van der Waals surface area (Å²) in [6.07, 6.45) is 2.12. The van der Waals surface area contributed by atoms with Crippen molar-refractivity contribution < 1.29 is 4.39 Å². The first-order valence-corrected chi connectivity index (χ1v) is 7.12. The average molecular weight is 264 g/mol. The third-order valence-corrected chi connectivity index (χ3v) is 3.75. The van der Waals surface area contributed by atoms with Gasteiger partial charge in [-0.15, -0.1) is 0 Å². The molecule has 0 aliphatic carbocycles. The predicted octanol–water partition coefficient (Wildman–Crippen LogP) is 3.20. The van der Waals surface area contributed by atoms with Crippen molar-refractivity contribution in [2.75, 3.05) is 24.5 Å². The van der Waals surface area contributed by atoms with Crippen LogP contribution in [-0.4, -0.2) is 19.6 Å². The van der Waals surface area contributed by atoms with Crippen molar-refractivity contribution in [2.45, 2.75) is 33.6 Å². The van der Waals surface area contributed by atoms with Crippen LogP contribution in [0.15, 0.2) is 18.2 Å². The van der Waals surface area contributed by atoms with Crippen molar-refractivity contribution in [3.05, 3.63) is 29.6 Å². The Morgan fingerprint density at radius 2 is 2.11 bits per heavy atom. The quantitative estimate of drug-likeness (QED) is 0.905. The Morgan fingerprint density at radius 1 is 1.37 bits per heavy atom. The molecule has 0 bridgehead atoms. The van der Waals surface area contributed by atoms with Gasteiger partial charge in [-0.25, -0.2) is 4.39 Å². The smallest absolute Gasteiger partial charge is 0.125 e. The van der Waals surface area contributed by atoms with Gasteiger partial charge in [-0.1, -0.05) is 26.8 Å². The number of rotatable bonds is 4. The van der Waals surface area contributed by atoms with Crippen molar-refractivity contribution in [2.24, 2.45) is 17.1 Å². The molecule has 0 aromatic heterocycles. The summed E-state index contributed by atoms with van der Waals surface area (Å²) in [5.74, 6) is 0.319. The number of anilines is 1. The molecule has 1 aliphatic rings. The maximum absolute atomic E-state index is 13.4. The first kappa shape index (κ1) is 14.3. The molecule has 0 saturated heterocycles. The first-order valence-electron chi connectivity index (χ1n) is 7.12. The van der Waals surface area contributed by atoms with E-state index < -0.39 is 0 Å². The van der Waals surface area contributed by atoms with Gasteiger partial charge in [-0.3, -0.25) is 0 Å². The van der Waals surface area contributed by atoms with Crippen molar-refractivity contribution >= 4 is 5.69 Å². The summed E-state index contributed by atoms with van der Waals surface area (Å²) in [4.78, 5) is 2.29. The lowest BCUT2D eigenvalue weighted by atomic mass is 9.84. The highest BCUT2D eigenvalue weighted by Gasteiger charge is 2.24. The van der Waals surface area contributed by atoms with E-state index in [0.717, 1.165) is 31.6 Å². The average Bonchev–Trinajstić information content (AvgIpc) is 2.69. The standard InChI is InChI=1S/C16H25FN2/c1-16(2,3)9-12(10-18)11-19-7-6-13-4-5-14(17)8-15(13)19/h4-5,8,12H,6-7,9-11,18H2,1-3H3. The fourth-order valence-corrected chi connectivity index (χ4v) is 3.01. The van der Waals surface area contributed by atoms with Gasteiger partial charge in [0.15, 0.2) is 0 Å². The lowest BCUT2D eigenvalue weighted by Gasteiger charge is -2.30. The van der Waals surface area contributed by atoms with Crippen molar-refractivity contribution in [3.63, 3.8) is 0 Å². The molecule has 0 radical (unpaired) electrons. The molecule has 1 aromatic rings. The molecule has 0 saturated carbocycles. The topological polar surface area (TPSA) is 29.3 Å². The Balaban J connectivity index is 2.07. The Kier molecular flexibility index (Phi) is 4.14. The molecule has 1 aromatic carbocycles. The molecule has 1 atom stereocenters. The molecule has 2 N–H and O–H groups in total. The van der Waals surface area contributed by atoms with Crippen LogP contribution in [0.5, 0.6) is 0 Å². The van der Waals surface area contributed by atoms with Crippen LogP contribution in [0.3, 0.4) is 0 Å². The van der Waals surface area contributed by atoms with Gasteiger partial charge in [0, 0.05) is 18.8 Å². The van der Waals surface area contributed by atoms with E-state index in [1.807, 2.05) is 6.07 Å². The number of hydrogen-bond acceptors (Lipinski definition) is 2. The zero-order chi connectivity index (χ0) is 14.0. The molecule has 0 spiro atoms. The monoisotopic (exact) mass is 264 g/mol. The van der Waals surface area contributed by atoms with Crippen LogP contribution in [0.4, 0.5) is 10.1 Å². The van der Waals surface area contributed by atoms with Gasteiger partial charge in [-0.05, 0) is 48.4 Å². The molecular weight excluding hydrogens is 239 g/mol. The van der Waals surface area contributed by atoms with E-state index in [4.69, 9.17) is 5.73 Å². The zero-order valence-electron chi connectivity index (χ0n) is 12.2. The van der Waals surface area contributed by atoms with E-state index in [2.05, 4.69) is 25.7 Å². The molecule has 1 unspecified atom stereocenters. The highest BCUT2D eigenvalue weighted by molar-refractivity contribution is 5.58. The minimum atomic E-state index is -0.147. The van der Waals surface area contributed by atoms with Gasteiger partial charge in [-0.2, -0.15) is 0 Å². The summed E-state index contributed by atoms with van der Waals surface area (Å²) in [5, 5.41) is 0. The second kappa shape index (κ2) is 5.49. The minimum absolute atomic E-state index is 0.147. The lowest BCUT2D eigenvalue weighted by molar-refractivity contribution is 0.299. The fourth-order valence-electron chi connectivity index (χ4n) is 3.01. The van der Waals surface area contributed by atoms with E-state index in [-0.39, 0.29) is 11.2 Å². The maximum atomic E-state index is 13.4. The molecule has 1 heterocycles. The van der Waals surface area contributed by atoms with Crippen molar-refractivity contribution in [1.82, 2.24) is 0 Å². The Bertz CT molecular complexity index is 437. The first-order chi connectivity index (χ1) is 8.89. The van der Waals surface area contributed by atoms with Crippen molar-refractivity contribution in [1.29, 1.82) is 0 Å². The van der Waals surface area contributed by atoms with E-state index >= 15 is 0 Å². The number of halogens is 1. The summed E-state index contributed by atoms with van der Waals surface area (Å²) in [6.45, 7) is 9.34. The van der Waals surface area contributed by atoms with Crippen LogP contribution >= 0.6 is 0 Å². The zero-order valence-corrected chi connectivity index (χ0v) is 12.2. The minimum Gasteiger partial charge on any atom is -0.371 e. The molecule has 1 aliphatic heterocycles. The highest BCUT2D eigenvalue weighted by Crippen LogP contribution is 2.31. The van der Waals surface area contributed by atoms with Gasteiger partial charge < -0.3 is 10.6 Å². The normalized spacial score (nSPS) is 16.6. The largest absolute Gasteiger partial charge is 0.371 e. The molecule has 19 heavy (non-hydrogen) atoms. The summed E-state index contributed by atoms with van der Waals surface area (Å²) in [6, 6.07) is 5.12. The Hall–Kier alpha value is -1.09. The number of benzene rings is 1. The van der Waals surface area contributed by atoms with Crippen molar-refractivity contribution in [3.8, 4) is 0 Å². The van der Waals surface area contributed by atoms with Gasteiger partial charge in [0.1, 0.15) is 5.82 Å². The van der Waals surface area contributed by atoms with E-state index in [0.29, 0.717) is 12.5 Å². The Morgan fingerprint density at radius 3 is 2.74 bits per heavy atom. The molecular formula is C16H25FN2. The van der Waals surface area contributed by atoms with E-state index in [9.17, 15) is 4.39 Å². The van der Waals surface area contributed by atoms with Gasteiger partial charge in [0.05, 0.1) is 0 Å². The Labute approximate surface area is 115 Å². The summed E-state index contributed by atoms with van der Waals surface area (Å²) in [5.41, 5.74) is 8.51. The lowest BCUT2D eigenvalue weighted by Crippen LogP contribution is -2.34. The van der Waals surface area contributed by atoms with Gasteiger partial charge in [0.2, 0.25) is 0 Å². The molecule has 2 nitrogen and oxygen atoms in total. The third-order valence-electron chi connectivity index (χ3n) is 3.75. The van der Waals surface area contributed by atoms with Crippen LogP contribution in [0.2, 0.25) is 0 Å². The predicted molar refractivity (Wildman–Crippen MR) is 78.9 cm³/mol. The van der Waals surface area contributed by atoms with Crippen LogP contribution in [0, 0.1) is 17.2 Å². The maximum Gasteiger partial charge on any atom is 0.125 e. The number of fused-ring (bicyclic) bond motifs is 1. The number of nitrogens with two attached hydrogens (primary N) is 1. The van der Waals surface area contributed by atoms with E-state index in [1.54, 1.807) is 12.1 Å². The second-order valence-corrected chi connectivity index (χ2v) is 6.84. The van der Waals surface area contributed by atoms with Crippen LogP contribution < -0.4 is 10.6 Å². The highest BCUT2D eigenvalue weighted by atomic mass is 19.1. The molecule has 2 rings (SSSR count). The summed E-state index contributed by atoms with van der Waals surface area (Å²) in [7, 11) is 0. The summed E-state index contributed by atoms with van der Waals surface area (Å²) < 4.78 is 13.4. The third kappa shape index (κ3) is 3.69.